The molecule has 0 radical (unpaired) electrons. The Bertz CT molecular complexity index is 1090. The number of nitrogens with one attached hydrogen (secondary N) is 1. The summed E-state index contributed by atoms with van der Waals surface area (Å²) in [6, 6.07) is 16.3. The Balaban J connectivity index is 1.27. The quantitative estimate of drug-likeness (QED) is 0.445. The van der Waals surface area contributed by atoms with Gasteiger partial charge in [0.05, 0.1) is 12.1 Å². The minimum atomic E-state index is -0.0408. The van der Waals surface area contributed by atoms with Crippen molar-refractivity contribution in [2.45, 2.75) is 25.2 Å². The van der Waals surface area contributed by atoms with Gasteiger partial charge in [-0.15, -0.1) is 10.2 Å². The first-order valence-corrected chi connectivity index (χ1v) is 10.6. The van der Waals surface area contributed by atoms with Gasteiger partial charge in [0.15, 0.2) is 5.16 Å². The fourth-order valence-corrected chi connectivity index (χ4v) is 3.70. The average Bonchev–Trinajstić information content (AvgIpc) is 3.44. The number of rotatable bonds is 8. The van der Waals surface area contributed by atoms with Gasteiger partial charge in [-0.05, 0) is 30.2 Å². The molecule has 0 aliphatic rings. The molecule has 0 atom stereocenters. The summed E-state index contributed by atoms with van der Waals surface area (Å²) in [6.45, 7) is 3.32. The molecule has 0 saturated heterocycles. The Kier molecular flexibility index (Phi) is 6.24. The van der Waals surface area contributed by atoms with Gasteiger partial charge in [-0.25, -0.2) is 4.98 Å². The van der Waals surface area contributed by atoms with Crippen LogP contribution >= 0.6 is 11.8 Å². The number of nitrogens with zero attached hydrogens (tertiary/aromatic N) is 5. The Morgan fingerprint density at radius 2 is 1.80 bits per heavy atom. The monoisotopic (exact) mass is 418 g/mol. The van der Waals surface area contributed by atoms with Gasteiger partial charge in [0.1, 0.15) is 6.33 Å². The molecule has 0 saturated carbocycles. The molecule has 0 unspecified atom stereocenters. The highest BCUT2D eigenvalue weighted by Gasteiger charge is 2.10. The molecular weight excluding hydrogens is 396 g/mol. The second-order valence-electron chi connectivity index (χ2n) is 6.94. The van der Waals surface area contributed by atoms with Crippen molar-refractivity contribution in [2.24, 2.45) is 0 Å². The molecule has 2 aromatic carbocycles. The standard InChI is InChI=1S/C22H22N6OS/c1-17-2-8-20(9-3-17)28-16-25-26-22(28)30-14-21(29)24-12-18-4-6-19(7-5-18)13-27-11-10-23-15-27/h2-11,15-16H,12-14H2,1H3,(H,24,29). The molecular formula is C22H22N6OS. The van der Waals surface area contributed by atoms with Crippen LogP contribution in [0.25, 0.3) is 5.69 Å². The molecule has 1 N–H and O–H groups in total. The van der Waals surface area contributed by atoms with Crippen molar-refractivity contribution in [3.63, 3.8) is 0 Å². The minimum Gasteiger partial charge on any atom is -0.351 e. The maximum Gasteiger partial charge on any atom is 0.230 e. The lowest BCUT2D eigenvalue weighted by molar-refractivity contribution is -0.118. The maximum atomic E-state index is 12.3. The second-order valence-corrected chi connectivity index (χ2v) is 7.88. The molecule has 1 amide bonds. The van der Waals surface area contributed by atoms with Gasteiger partial charge in [0.25, 0.3) is 0 Å². The summed E-state index contributed by atoms with van der Waals surface area (Å²) in [6.07, 6.45) is 7.17. The number of imidazole rings is 1. The Labute approximate surface area is 179 Å². The van der Waals surface area contributed by atoms with Crippen molar-refractivity contribution in [1.29, 1.82) is 0 Å². The van der Waals surface area contributed by atoms with Crippen molar-refractivity contribution in [3.05, 3.63) is 90.3 Å². The average molecular weight is 419 g/mol. The van der Waals surface area contributed by atoms with E-state index in [2.05, 4.69) is 32.6 Å². The van der Waals surface area contributed by atoms with E-state index in [-0.39, 0.29) is 11.7 Å². The van der Waals surface area contributed by atoms with Gasteiger partial charge in [-0.1, -0.05) is 53.7 Å². The lowest BCUT2D eigenvalue weighted by atomic mass is 10.1. The highest BCUT2D eigenvalue weighted by molar-refractivity contribution is 7.99. The van der Waals surface area contributed by atoms with Crippen molar-refractivity contribution in [3.8, 4) is 5.69 Å². The van der Waals surface area contributed by atoms with E-state index in [1.165, 1.54) is 22.9 Å². The number of aryl methyl sites for hydroxylation is 1. The smallest absolute Gasteiger partial charge is 0.230 e. The Morgan fingerprint density at radius 1 is 1.03 bits per heavy atom. The van der Waals surface area contributed by atoms with Gasteiger partial charge in [0.2, 0.25) is 5.91 Å². The molecule has 8 heteroatoms. The fraction of sp³-hybridized carbons (Fsp3) is 0.182. The predicted octanol–water partition coefficient (Wildman–Crippen LogP) is 3.23. The number of hydrogen-bond acceptors (Lipinski definition) is 5. The zero-order valence-electron chi connectivity index (χ0n) is 16.6. The zero-order chi connectivity index (χ0) is 20.8. The number of benzene rings is 2. The first-order valence-electron chi connectivity index (χ1n) is 9.57. The fourth-order valence-electron chi connectivity index (χ4n) is 2.94. The third kappa shape index (κ3) is 5.15. The summed E-state index contributed by atoms with van der Waals surface area (Å²) in [5.41, 5.74) is 4.42. The molecule has 0 bridgehead atoms. The highest BCUT2D eigenvalue weighted by atomic mass is 32.2. The predicted molar refractivity (Wildman–Crippen MR) is 116 cm³/mol. The van der Waals surface area contributed by atoms with E-state index in [0.717, 1.165) is 17.8 Å². The summed E-state index contributed by atoms with van der Waals surface area (Å²) in [7, 11) is 0. The normalized spacial score (nSPS) is 10.8. The van der Waals surface area contributed by atoms with Crippen LogP contribution in [0.1, 0.15) is 16.7 Å². The van der Waals surface area contributed by atoms with Crippen LogP contribution in [0, 0.1) is 6.92 Å². The Hall–Kier alpha value is -3.39. The van der Waals surface area contributed by atoms with E-state index in [0.29, 0.717) is 11.7 Å². The van der Waals surface area contributed by atoms with Crippen LogP contribution in [-0.4, -0.2) is 36.0 Å². The maximum absolute atomic E-state index is 12.3. The largest absolute Gasteiger partial charge is 0.351 e. The number of hydrogen-bond donors (Lipinski definition) is 1. The molecule has 2 heterocycles. The molecule has 4 rings (SSSR count). The zero-order valence-corrected chi connectivity index (χ0v) is 17.4. The minimum absolute atomic E-state index is 0.0408. The molecule has 0 spiro atoms. The topological polar surface area (TPSA) is 77.6 Å². The van der Waals surface area contributed by atoms with Crippen LogP contribution in [0.2, 0.25) is 0 Å². The van der Waals surface area contributed by atoms with E-state index in [4.69, 9.17) is 0 Å². The summed E-state index contributed by atoms with van der Waals surface area (Å²) >= 11 is 1.37. The Morgan fingerprint density at radius 3 is 2.53 bits per heavy atom. The third-order valence-electron chi connectivity index (χ3n) is 4.60. The van der Waals surface area contributed by atoms with Gasteiger partial charge in [-0.2, -0.15) is 0 Å². The van der Waals surface area contributed by atoms with Gasteiger partial charge in [0, 0.05) is 31.2 Å². The van der Waals surface area contributed by atoms with Gasteiger partial charge in [-0.3, -0.25) is 9.36 Å². The van der Waals surface area contributed by atoms with Crippen LogP contribution in [0.4, 0.5) is 0 Å². The van der Waals surface area contributed by atoms with Crippen molar-refractivity contribution in [2.75, 3.05) is 5.75 Å². The number of aromatic nitrogens is 5. The molecule has 0 aliphatic heterocycles. The SMILES string of the molecule is Cc1ccc(-n2cnnc2SCC(=O)NCc2ccc(Cn3ccnc3)cc2)cc1. The number of amides is 1. The number of thioether (sulfide) groups is 1. The molecule has 152 valence electrons. The summed E-state index contributed by atoms with van der Waals surface area (Å²) in [5, 5.41) is 11.8. The molecule has 30 heavy (non-hydrogen) atoms. The van der Waals surface area contributed by atoms with Crippen LogP contribution in [-0.2, 0) is 17.9 Å². The first-order chi connectivity index (χ1) is 14.7. The highest BCUT2D eigenvalue weighted by Crippen LogP contribution is 2.19. The van der Waals surface area contributed by atoms with E-state index in [9.17, 15) is 4.79 Å². The summed E-state index contributed by atoms with van der Waals surface area (Å²) in [5.74, 6) is 0.240. The molecule has 2 aromatic heterocycles. The number of carbonyl (C=O) groups is 1. The van der Waals surface area contributed by atoms with E-state index < -0.39 is 0 Å². The van der Waals surface area contributed by atoms with Gasteiger partial charge < -0.3 is 9.88 Å². The molecule has 4 aromatic rings. The van der Waals surface area contributed by atoms with E-state index in [1.54, 1.807) is 18.9 Å². The molecule has 0 aliphatic carbocycles. The first kappa shape index (κ1) is 19.9. The molecule has 0 fully saturated rings. The summed E-state index contributed by atoms with van der Waals surface area (Å²) in [4.78, 5) is 16.3. The second kappa shape index (κ2) is 9.41. The lowest BCUT2D eigenvalue weighted by Crippen LogP contribution is -2.24. The van der Waals surface area contributed by atoms with Crippen molar-refractivity contribution >= 4 is 17.7 Å². The van der Waals surface area contributed by atoms with Crippen LogP contribution in [0.5, 0.6) is 0 Å². The van der Waals surface area contributed by atoms with E-state index in [1.807, 2.05) is 58.7 Å². The lowest BCUT2D eigenvalue weighted by Gasteiger charge is -2.08. The number of carbonyl (C=O) groups excluding carboxylic acids is 1. The van der Waals surface area contributed by atoms with Crippen LogP contribution in [0.3, 0.4) is 0 Å². The van der Waals surface area contributed by atoms with Crippen LogP contribution < -0.4 is 5.32 Å². The third-order valence-corrected chi connectivity index (χ3v) is 5.54. The van der Waals surface area contributed by atoms with Gasteiger partial charge >= 0.3 is 0 Å². The van der Waals surface area contributed by atoms with Crippen LogP contribution in [0.15, 0.2) is 78.7 Å². The van der Waals surface area contributed by atoms with E-state index >= 15 is 0 Å². The summed E-state index contributed by atoms with van der Waals surface area (Å²) < 4.78 is 3.90. The van der Waals surface area contributed by atoms with Crippen molar-refractivity contribution < 1.29 is 4.79 Å². The van der Waals surface area contributed by atoms with Crippen molar-refractivity contribution in [1.82, 2.24) is 29.6 Å². The molecule has 7 nitrogen and oxygen atoms in total.